The lowest BCUT2D eigenvalue weighted by Gasteiger charge is -2.26. The van der Waals surface area contributed by atoms with Gasteiger partial charge in [0.15, 0.2) is 5.76 Å². The Hall–Kier alpha value is -3.10. The number of nitrogens with one attached hydrogen (secondary N) is 1. The summed E-state index contributed by atoms with van der Waals surface area (Å²) in [6.07, 6.45) is 2.77. The first-order valence-electron chi connectivity index (χ1n) is 10.6. The molecule has 7 nitrogen and oxygen atoms in total. The lowest BCUT2D eigenvalue weighted by molar-refractivity contribution is 0.0992. The first kappa shape index (κ1) is 22.1. The number of carbonyl (C=O) groups is 1. The molecule has 1 N–H and O–H groups in total. The van der Waals surface area contributed by atoms with Crippen molar-refractivity contribution in [1.82, 2.24) is 4.31 Å². The molecule has 0 bridgehead atoms. The summed E-state index contributed by atoms with van der Waals surface area (Å²) in [7, 11) is -3.60. The molecule has 1 amide bonds. The minimum Gasteiger partial charge on any atom is -0.486 e. The van der Waals surface area contributed by atoms with Gasteiger partial charge in [0, 0.05) is 18.8 Å². The van der Waals surface area contributed by atoms with E-state index < -0.39 is 15.9 Å². The molecule has 1 fully saturated rings. The minimum absolute atomic E-state index is 0.123. The topological polar surface area (TPSA) is 88.8 Å². The van der Waals surface area contributed by atoms with Crippen LogP contribution in [0.5, 0.6) is 5.75 Å². The Morgan fingerprint density at radius 3 is 2.53 bits per heavy atom. The van der Waals surface area contributed by atoms with E-state index in [-0.39, 0.29) is 17.3 Å². The van der Waals surface area contributed by atoms with Crippen LogP contribution in [0.1, 0.15) is 41.1 Å². The Labute approximate surface area is 188 Å². The number of sulfonamides is 1. The SMILES string of the molecule is Cc1ccc(NC(=O)c2ccc(COc3ccccc3)o2)cc1S(=O)(=O)N1CCCCC1. The van der Waals surface area contributed by atoms with Crippen molar-refractivity contribution < 1.29 is 22.4 Å². The summed E-state index contributed by atoms with van der Waals surface area (Å²) in [4.78, 5) is 12.9. The van der Waals surface area contributed by atoms with Gasteiger partial charge < -0.3 is 14.5 Å². The Morgan fingerprint density at radius 1 is 1.03 bits per heavy atom. The zero-order valence-electron chi connectivity index (χ0n) is 17.9. The largest absolute Gasteiger partial charge is 0.486 e. The van der Waals surface area contributed by atoms with Crippen LogP contribution in [0.3, 0.4) is 0 Å². The van der Waals surface area contributed by atoms with Crippen LogP contribution >= 0.6 is 0 Å². The number of hydrogen-bond acceptors (Lipinski definition) is 5. The predicted molar refractivity (Wildman–Crippen MR) is 121 cm³/mol. The number of amides is 1. The molecule has 0 radical (unpaired) electrons. The molecule has 2 aromatic carbocycles. The fourth-order valence-corrected chi connectivity index (χ4v) is 5.41. The van der Waals surface area contributed by atoms with Crippen LogP contribution in [0.25, 0.3) is 0 Å². The second-order valence-electron chi connectivity index (χ2n) is 7.77. The van der Waals surface area contributed by atoms with Crippen molar-refractivity contribution in [3.63, 3.8) is 0 Å². The predicted octanol–water partition coefficient (Wildman–Crippen LogP) is 4.59. The fraction of sp³-hybridized carbons (Fsp3) is 0.292. The van der Waals surface area contributed by atoms with E-state index in [1.54, 1.807) is 31.2 Å². The number of hydrogen-bond donors (Lipinski definition) is 1. The highest BCUT2D eigenvalue weighted by Gasteiger charge is 2.27. The van der Waals surface area contributed by atoms with Gasteiger partial charge in [-0.05, 0) is 61.7 Å². The van der Waals surface area contributed by atoms with Gasteiger partial charge in [0.25, 0.3) is 5.91 Å². The quantitative estimate of drug-likeness (QED) is 0.564. The molecule has 32 heavy (non-hydrogen) atoms. The molecule has 0 unspecified atom stereocenters. The van der Waals surface area contributed by atoms with Crippen molar-refractivity contribution in [2.75, 3.05) is 18.4 Å². The maximum atomic E-state index is 13.1. The number of aryl methyl sites for hydroxylation is 1. The first-order chi connectivity index (χ1) is 15.4. The summed E-state index contributed by atoms with van der Waals surface area (Å²) in [5.74, 6) is 0.882. The van der Waals surface area contributed by atoms with E-state index in [9.17, 15) is 13.2 Å². The van der Waals surface area contributed by atoms with E-state index in [2.05, 4.69) is 5.32 Å². The monoisotopic (exact) mass is 454 g/mol. The summed E-state index contributed by atoms with van der Waals surface area (Å²) >= 11 is 0. The van der Waals surface area contributed by atoms with Gasteiger partial charge in [-0.25, -0.2) is 8.42 Å². The Morgan fingerprint density at radius 2 is 1.78 bits per heavy atom. The average Bonchev–Trinajstić information content (AvgIpc) is 3.29. The number of carbonyl (C=O) groups excluding carboxylic acids is 1. The average molecular weight is 455 g/mol. The van der Waals surface area contributed by atoms with Crippen molar-refractivity contribution in [2.45, 2.75) is 37.7 Å². The van der Waals surface area contributed by atoms with E-state index in [1.165, 1.54) is 10.4 Å². The fourth-order valence-electron chi connectivity index (χ4n) is 3.64. The number of rotatable bonds is 7. The molecule has 2 heterocycles. The standard InChI is InChI=1S/C24H26N2O5S/c1-18-10-11-19(16-23(18)32(28,29)26-14-6-3-7-15-26)25-24(27)22-13-12-21(31-22)17-30-20-8-4-2-5-9-20/h2,4-5,8-13,16H,3,6-7,14-15,17H2,1H3,(H,25,27). The maximum absolute atomic E-state index is 13.1. The van der Waals surface area contributed by atoms with Gasteiger partial charge in [-0.2, -0.15) is 4.31 Å². The second kappa shape index (κ2) is 9.58. The smallest absolute Gasteiger partial charge is 0.291 e. The van der Waals surface area contributed by atoms with Crippen LogP contribution in [0.15, 0.2) is 70.0 Å². The van der Waals surface area contributed by atoms with Gasteiger partial charge in [0.1, 0.15) is 18.1 Å². The highest BCUT2D eigenvalue weighted by molar-refractivity contribution is 7.89. The highest BCUT2D eigenvalue weighted by Crippen LogP contribution is 2.26. The first-order valence-corrected chi connectivity index (χ1v) is 12.1. The normalized spacial score (nSPS) is 14.8. The molecular formula is C24H26N2O5S. The van der Waals surface area contributed by atoms with Crippen LogP contribution in [0, 0.1) is 6.92 Å². The van der Waals surface area contributed by atoms with Crippen LogP contribution < -0.4 is 10.1 Å². The summed E-state index contributed by atoms with van der Waals surface area (Å²) in [5.41, 5.74) is 1.04. The molecule has 1 saturated heterocycles. The van der Waals surface area contributed by atoms with Crippen molar-refractivity contribution in [3.8, 4) is 5.75 Å². The van der Waals surface area contributed by atoms with Crippen LogP contribution in [0.4, 0.5) is 5.69 Å². The number of para-hydroxylation sites is 1. The molecule has 8 heteroatoms. The van der Waals surface area contributed by atoms with E-state index in [0.29, 0.717) is 35.9 Å². The third-order valence-electron chi connectivity index (χ3n) is 5.39. The van der Waals surface area contributed by atoms with E-state index in [1.807, 2.05) is 30.3 Å². The number of anilines is 1. The van der Waals surface area contributed by atoms with Crippen LogP contribution in [-0.4, -0.2) is 31.7 Å². The van der Waals surface area contributed by atoms with Crippen molar-refractivity contribution in [1.29, 1.82) is 0 Å². The maximum Gasteiger partial charge on any atom is 0.291 e. The van der Waals surface area contributed by atoms with Crippen molar-refractivity contribution in [3.05, 3.63) is 77.7 Å². The molecule has 0 atom stereocenters. The summed E-state index contributed by atoms with van der Waals surface area (Å²) in [6.45, 7) is 3.01. The molecule has 168 valence electrons. The van der Waals surface area contributed by atoms with Gasteiger partial charge >= 0.3 is 0 Å². The molecule has 1 aromatic heterocycles. The molecule has 0 spiro atoms. The highest BCUT2D eigenvalue weighted by atomic mass is 32.2. The number of piperidine rings is 1. The number of furan rings is 1. The zero-order valence-corrected chi connectivity index (χ0v) is 18.7. The molecule has 0 saturated carbocycles. The van der Waals surface area contributed by atoms with Gasteiger partial charge in [0.05, 0.1) is 4.90 Å². The molecule has 4 rings (SSSR count). The van der Waals surface area contributed by atoms with Gasteiger partial charge in [0.2, 0.25) is 10.0 Å². The van der Waals surface area contributed by atoms with Crippen molar-refractivity contribution in [2.24, 2.45) is 0 Å². The Bertz CT molecular complexity index is 1180. The molecule has 1 aliphatic rings. The summed E-state index contributed by atoms with van der Waals surface area (Å²) in [6, 6.07) is 17.5. The van der Waals surface area contributed by atoms with E-state index in [4.69, 9.17) is 9.15 Å². The lowest BCUT2D eigenvalue weighted by atomic mass is 10.2. The number of nitrogens with zero attached hydrogens (tertiary/aromatic N) is 1. The third kappa shape index (κ3) is 5.03. The van der Waals surface area contributed by atoms with Gasteiger partial charge in [-0.3, -0.25) is 4.79 Å². The van der Waals surface area contributed by atoms with Gasteiger partial charge in [-0.15, -0.1) is 0 Å². The Kier molecular flexibility index (Phi) is 6.62. The lowest BCUT2D eigenvalue weighted by Crippen LogP contribution is -2.36. The molecular weight excluding hydrogens is 428 g/mol. The molecule has 1 aliphatic heterocycles. The zero-order chi connectivity index (χ0) is 22.6. The molecule has 0 aliphatic carbocycles. The third-order valence-corrected chi connectivity index (χ3v) is 7.43. The number of ether oxygens (including phenoxy) is 1. The van der Waals surface area contributed by atoms with E-state index >= 15 is 0 Å². The summed E-state index contributed by atoms with van der Waals surface area (Å²) < 4.78 is 38.9. The van der Waals surface area contributed by atoms with Crippen LogP contribution in [0.2, 0.25) is 0 Å². The molecule has 3 aromatic rings. The Balaban J connectivity index is 1.44. The van der Waals surface area contributed by atoms with Crippen LogP contribution in [-0.2, 0) is 16.6 Å². The van der Waals surface area contributed by atoms with Gasteiger partial charge in [-0.1, -0.05) is 30.7 Å². The summed E-state index contributed by atoms with van der Waals surface area (Å²) in [5, 5.41) is 2.73. The second-order valence-corrected chi connectivity index (χ2v) is 9.67. The number of benzene rings is 2. The van der Waals surface area contributed by atoms with Crippen molar-refractivity contribution >= 4 is 21.6 Å². The minimum atomic E-state index is -3.60. The van der Waals surface area contributed by atoms with E-state index in [0.717, 1.165) is 19.3 Å².